The van der Waals surface area contributed by atoms with Crippen LogP contribution in [0.3, 0.4) is 0 Å². The molecular formula is C8H15N3O. The first-order chi connectivity index (χ1) is 5.59. The van der Waals surface area contributed by atoms with E-state index in [9.17, 15) is 4.79 Å². The third kappa shape index (κ3) is 2.90. The molecule has 0 saturated heterocycles. The van der Waals surface area contributed by atoms with E-state index < -0.39 is 0 Å². The lowest BCUT2D eigenvalue weighted by Crippen LogP contribution is -2.21. The number of nitrogens with zero attached hydrogens (tertiary/aromatic N) is 1. The van der Waals surface area contributed by atoms with E-state index in [1.807, 2.05) is 6.92 Å². The van der Waals surface area contributed by atoms with Crippen LogP contribution in [0.1, 0.15) is 26.2 Å². The summed E-state index contributed by atoms with van der Waals surface area (Å²) in [7, 11) is 0. The molecule has 4 heteroatoms. The molecule has 1 amide bonds. The lowest BCUT2D eigenvalue weighted by atomic mass is 10.2. The van der Waals surface area contributed by atoms with Crippen molar-refractivity contribution in [3.63, 3.8) is 0 Å². The SMILES string of the molecule is CC(CC(N)=O)N=C(N)C1CC1. The van der Waals surface area contributed by atoms with Crippen molar-refractivity contribution in [3.05, 3.63) is 0 Å². The van der Waals surface area contributed by atoms with Crippen molar-refractivity contribution in [2.24, 2.45) is 22.4 Å². The lowest BCUT2D eigenvalue weighted by Gasteiger charge is -2.04. The number of rotatable bonds is 4. The summed E-state index contributed by atoms with van der Waals surface area (Å²) in [6.45, 7) is 1.85. The van der Waals surface area contributed by atoms with Crippen LogP contribution in [0.5, 0.6) is 0 Å². The van der Waals surface area contributed by atoms with Gasteiger partial charge in [0.15, 0.2) is 0 Å². The summed E-state index contributed by atoms with van der Waals surface area (Å²) in [5, 5.41) is 0. The van der Waals surface area contributed by atoms with E-state index in [0.717, 1.165) is 12.8 Å². The van der Waals surface area contributed by atoms with E-state index in [4.69, 9.17) is 11.5 Å². The Hall–Kier alpha value is -1.06. The van der Waals surface area contributed by atoms with Crippen molar-refractivity contribution in [1.82, 2.24) is 0 Å². The Morgan fingerprint density at radius 1 is 1.58 bits per heavy atom. The highest BCUT2D eigenvalue weighted by atomic mass is 16.1. The molecule has 1 fully saturated rings. The molecule has 0 aromatic rings. The summed E-state index contributed by atoms with van der Waals surface area (Å²) < 4.78 is 0. The zero-order valence-corrected chi connectivity index (χ0v) is 7.29. The Kier molecular flexibility index (Phi) is 2.68. The number of nitrogens with two attached hydrogens (primary N) is 2. The molecule has 1 atom stereocenters. The summed E-state index contributed by atoms with van der Waals surface area (Å²) in [4.78, 5) is 14.7. The number of carbonyl (C=O) groups is 1. The third-order valence-corrected chi connectivity index (χ3v) is 1.86. The van der Waals surface area contributed by atoms with E-state index in [0.29, 0.717) is 11.8 Å². The summed E-state index contributed by atoms with van der Waals surface area (Å²) in [5.74, 6) is 0.832. The number of amides is 1. The van der Waals surface area contributed by atoms with Crippen LogP contribution in [0.25, 0.3) is 0 Å². The number of aliphatic imine (C=N–C) groups is 1. The molecule has 0 heterocycles. The van der Waals surface area contributed by atoms with Gasteiger partial charge in [-0.3, -0.25) is 9.79 Å². The smallest absolute Gasteiger partial charge is 0.219 e. The highest BCUT2D eigenvalue weighted by Crippen LogP contribution is 2.29. The van der Waals surface area contributed by atoms with Gasteiger partial charge in [-0.25, -0.2) is 0 Å². The van der Waals surface area contributed by atoms with E-state index in [-0.39, 0.29) is 18.4 Å². The van der Waals surface area contributed by atoms with Crippen LogP contribution in [0.15, 0.2) is 4.99 Å². The molecular weight excluding hydrogens is 154 g/mol. The summed E-state index contributed by atoms with van der Waals surface area (Å²) in [5.41, 5.74) is 10.7. The van der Waals surface area contributed by atoms with Gasteiger partial charge in [0.1, 0.15) is 0 Å². The predicted octanol–water partition coefficient (Wildman–Crippen LogP) is 0.0175. The zero-order valence-electron chi connectivity index (χ0n) is 7.29. The van der Waals surface area contributed by atoms with Crippen molar-refractivity contribution >= 4 is 11.7 Å². The Morgan fingerprint density at radius 2 is 2.17 bits per heavy atom. The zero-order chi connectivity index (χ0) is 9.14. The highest BCUT2D eigenvalue weighted by Gasteiger charge is 2.25. The number of primary amides is 1. The van der Waals surface area contributed by atoms with Gasteiger partial charge in [0.2, 0.25) is 5.91 Å². The monoisotopic (exact) mass is 169 g/mol. The van der Waals surface area contributed by atoms with Crippen LogP contribution in [-0.4, -0.2) is 17.8 Å². The van der Waals surface area contributed by atoms with Crippen molar-refractivity contribution < 1.29 is 4.79 Å². The molecule has 68 valence electrons. The van der Waals surface area contributed by atoms with Crippen molar-refractivity contribution in [1.29, 1.82) is 0 Å². The first kappa shape index (κ1) is 9.03. The van der Waals surface area contributed by atoms with Crippen LogP contribution < -0.4 is 11.5 Å². The van der Waals surface area contributed by atoms with Gasteiger partial charge in [0.05, 0.1) is 11.9 Å². The van der Waals surface area contributed by atoms with Gasteiger partial charge in [-0.1, -0.05) is 0 Å². The fraction of sp³-hybridized carbons (Fsp3) is 0.750. The quantitative estimate of drug-likeness (QED) is 0.459. The molecule has 0 radical (unpaired) electrons. The minimum Gasteiger partial charge on any atom is -0.387 e. The van der Waals surface area contributed by atoms with E-state index >= 15 is 0 Å². The average Bonchev–Trinajstić information content (AvgIpc) is 2.63. The number of amidine groups is 1. The van der Waals surface area contributed by atoms with E-state index in [1.165, 1.54) is 0 Å². The Labute approximate surface area is 72.0 Å². The molecule has 0 aliphatic heterocycles. The third-order valence-electron chi connectivity index (χ3n) is 1.86. The molecule has 1 saturated carbocycles. The number of carbonyl (C=O) groups excluding carboxylic acids is 1. The fourth-order valence-electron chi connectivity index (χ4n) is 1.08. The van der Waals surface area contributed by atoms with Gasteiger partial charge in [-0.15, -0.1) is 0 Å². The summed E-state index contributed by atoms with van der Waals surface area (Å²) in [6, 6.07) is -0.0666. The van der Waals surface area contributed by atoms with E-state index in [1.54, 1.807) is 0 Å². The second-order valence-electron chi connectivity index (χ2n) is 3.35. The second-order valence-corrected chi connectivity index (χ2v) is 3.35. The molecule has 1 aliphatic carbocycles. The average molecular weight is 169 g/mol. The Balaban J connectivity index is 2.36. The van der Waals surface area contributed by atoms with Crippen LogP contribution >= 0.6 is 0 Å². The summed E-state index contributed by atoms with van der Waals surface area (Å²) in [6.07, 6.45) is 2.56. The molecule has 0 spiro atoms. The van der Waals surface area contributed by atoms with Gasteiger partial charge in [-0.2, -0.15) is 0 Å². The second kappa shape index (κ2) is 3.56. The van der Waals surface area contributed by atoms with Crippen LogP contribution in [0.4, 0.5) is 0 Å². The standard InChI is InChI=1S/C8H15N3O/c1-5(4-7(9)12)11-8(10)6-2-3-6/h5-6H,2-4H2,1H3,(H2,9,12)(H2,10,11). The molecule has 1 unspecified atom stereocenters. The molecule has 1 rings (SSSR count). The number of hydrogen-bond acceptors (Lipinski definition) is 2. The molecule has 1 aliphatic rings. The lowest BCUT2D eigenvalue weighted by molar-refractivity contribution is -0.118. The van der Waals surface area contributed by atoms with Crippen LogP contribution in [0, 0.1) is 5.92 Å². The first-order valence-corrected chi connectivity index (χ1v) is 4.21. The predicted molar refractivity (Wildman–Crippen MR) is 47.6 cm³/mol. The highest BCUT2D eigenvalue weighted by molar-refractivity contribution is 5.85. The van der Waals surface area contributed by atoms with Crippen LogP contribution in [-0.2, 0) is 4.79 Å². The van der Waals surface area contributed by atoms with Gasteiger partial charge in [0, 0.05) is 12.3 Å². The molecule has 12 heavy (non-hydrogen) atoms. The van der Waals surface area contributed by atoms with Gasteiger partial charge >= 0.3 is 0 Å². The topological polar surface area (TPSA) is 81.5 Å². The molecule has 0 bridgehead atoms. The van der Waals surface area contributed by atoms with Crippen molar-refractivity contribution in [2.75, 3.05) is 0 Å². The molecule has 4 nitrogen and oxygen atoms in total. The Bertz CT molecular complexity index is 208. The van der Waals surface area contributed by atoms with Gasteiger partial charge in [-0.05, 0) is 19.8 Å². The van der Waals surface area contributed by atoms with Gasteiger partial charge < -0.3 is 11.5 Å². The van der Waals surface area contributed by atoms with Crippen LogP contribution in [0.2, 0.25) is 0 Å². The Morgan fingerprint density at radius 3 is 2.58 bits per heavy atom. The normalized spacial score (nSPS) is 20.6. The summed E-state index contributed by atoms with van der Waals surface area (Å²) >= 11 is 0. The first-order valence-electron chi connectivity index (χ1n) is 4.21. The maximum atomic E-state index is 10.5. The van der Waals surface area contributed by atoms with Crippen molar-refractivity contribution in [2.45, 2.75) is 32.2 Å². The largest absolute Gasteiger partial charge is 0.387 e. The van der Waals surface area contributed by atoms with Gasteiger partial charge in [0.25, 0.3) is 0 Å². The number of hydrogen-bond donors (Lipinski definition) is 2. The maximum absolute atomic E-state index is 10.5. The van der Waals surface area contributed by atoms with E-state index in [2.05, 4.69) is 4.99 Å². The fourth-order valence-corrected chi connectivity index (χ4v) is 1.08. The minimum atomic E-state index is -0.324. The van der Waals surface area contributed by atoms with Crippen molar-refractivity contribution in [3.8, 4) is 0 Å². The molecule has 0 aromatic carbocycles. The molecule has 4 N–H and O–H groups in total. The maximum Gasteiger partial charge on any atom is 0.219 e. The molecule has 0 aromatic heterocycles. The minimum absolute atomic E-state index is 0.0666.